The quantitative estimate of drug-likeness (QED) is 0.186. The molecule has 0 saturated carbocycles. The molecule has 39 heavy (non-hydrogen) atoms. The van der Waals surface area contributed by atoms with Crippen LogP contribution >= 0.6 is 0 Å². The molecule has 0 aliphatic rings. The van der Waals surface area contributed by atoms with Gasteiger partial charge in [0, 0.05) is 0 Å². The van der Waals surface area contributed by atoms with Gasteiger partial charge in [0.1, 0.15) is 0 Å². The summed E-state index contributed by atoms with van der Waals surface area (Å²) in [6.07, 6.45) is -23.7. The molecule has 25 heteroatoms. The van der Waals surface area contributed by atoms with Gasteiger partial charge in [0.25, 0.3) is 5.92 Å². The van der Waals surface area contributed by atoms with E-state index in [1.54, 1.807) is 0 Å². The molecule has 0 unspecified atom stereocenters. The Morgan fingerprint density at radius 2 is 0.590 bits per heavy atom. The van der Waals surface area contributed by atoms with Gasteiger partial charge in [0.05, 0.1) is 12.8 Å². The Hall–Kier alpha value is -1.75. The van der Waals surface area contributed by atoms with E-state index in [1.807, 2.05) is 0 Å². The highest BCUT2D eigenvalue weighted by atomic mass is 19.4. The first-order valence-corrected chi connectivity index (χ1v) is 8.49. The monoisotopic (exact) mass is 648 g/mol. The van der Waals surface area contributed by atoms with Crippen molar-refractivity contribution in [3.8, 4) is 0 Å². The highest BCUT2D eigenvalue weighted by Gasteiger charge is 2.91. The highest BCUT2D eigenvalue weighted by molar-refractivity contribution is 5.12. The van der Waals surface area contributed by atoms with Gasteiger partial charge in [-0.25, -0.2) is 17.6 Å². The largest absolute Gasteiger partial charge is 0.460 e. The molecule has 0 atom stereocenters. The SMILES string of the molecule is FC(F)C(F)(F)C(F)(F)C(F)(F)C(F)(F)CC(F)(F)CC(F)(F)C(F)(F)C(F)(F)C(F)(F)C(F)(F)C(F)(F)F. The molecule has 0 spiro atoms. The average molecular weight is 648 g/mol. The van der Waals surface area contributed by atoms with E-state index in [9.17, 15) is 110 Å². The molecular formula is C14H5F25. The summed E-state index contributed by atoms with van der Waals surface area (Å²) in [5.74, 6) is -80.5. The lowest BCUT2D eigenvalue weighted by molar-refractivity contribution is -0.442. The second-order valence-corrected chi connectivity index (χ2v) is 7.49. The molecule has 0 heterocycles. The Balaban J connectivity index is 6.53. The summed E-state index contributed by atoms with van der Waals surface area (Å²) in [6, 6.07) is 0. The van der Waals surface area contributed by atoms with Crippen molar-refractivity contribution in [1.82, 2.24) is 0 Å². The standard InChI is InChI=1S/C14H5F25/c15-3(16)7(23,24)10(29,30)8(25,26)5(19,20)1-4(17,18)2-6(21,22)9(27,28)11(31,32)12(33,34)13(35,36)14(37,38)39/h3H,1-2H2. The van der Waals surface area contributed by atoms with E-state index < -0.39 is 84.7 Å². The maximum atomic E-state index is 13.5. The van der Waals surface area contributed by atoms with Crippen molar-refractivity contribution in [2.24, 2.45) is 0 Å². The van der Waals surface area contributed by atoms with Gasteiger partial charge in [-0.2, -0.15) is 92.2 Å². The van der Waals surface area contributed by atoms with Crippen LogP contribution in [0.1, 0.15) is 12.8 Å². The molecule has 0 radical (unpaired) electrons. The molecular weight excluding hydrogens is 643 g/mol. The first-order valence-electron chi connectivity index (χ1n) is 8.49. The zero-order valence-corrected chi connectivity index (χ0v) is 16.9. The fraction of sp³-hybridized carbons (Fsp3) is 1.00. The van der Waals surface area contributed by atoms with E-state index in [0.29, 0.717) is 0 Å². The fourth-order valence-corrected chi connectivity index (χ4v) is 2.31. The second-order valence-electron chi connectivity index (χ2n) is 7.49. The van der Waals surface area contributed by atoms with E-state index in [-0.39, 0.29) is 0 Å². The zero-order valence-electron chi connectivity index (χ0n) is 16.9. The van der Waals surface area contributed by atoms with Crippen molar-refractivity contribution in [1.29, 1.82) is 0 Å². The Morgan fingerprint density at radius 3 is 0.846 bits per heavy atom. The third kappa shape index (κ3) is 5.46. The molecule has 0 aromatic carbocycles. The van der Waals surface area contributed by atoms with Crippen LogP contribution in [0.4, 0.5) is 110 Å². The predicted octanol–water partition coefficient (Wildman–Crippen LogP) is 8.95. The number of halogens is 25. The molecule has 0 nitrogen and oxygen atoms in total. The van der Waals surface area contributed by atoms with Gasteiger partial charge in [-0.3, -0.25) is 0 Å². The summed E-state index contributed by atoms with van der Waals surface area (Å²) in [4.78, 5) is 0. The molecule has 0 aromatic heterocycles. The first kappa shape index (κ1) is 37.2. The summed E-state index contributed by atoms with van der Waals surface area (Å²) in [5, 5.41) is 0. The van der Waals surface area contributed by atoms with Crippen molar-refractivity contribution in [2.45, 2.75) is 84.7 Å². The number of alkyl halides is 25. The minimum Gasteiger partial charge on any atom is -0.206 e. The van der Waals surface area contributed by atoms with Crippen molar-refractivity contribution in [2.75, 3.05) is 0 Å². The van der Waals surface area contributed by atoms with E-state index in [0.717, 1.165) is 0 Å². The minimum absolute atomic E-state index is 4.83. The fourth-order valence-electron chi connectivity index (χ4n) is 2.31. The normalized spacial score (nSPS) is 16.8. The van der Waals surface area contributed by atoms with Crippen LogP contribution in [0, 0.1) is 0 Å². The molecule has 0 aromatic rings. The molecule has 0 amide bonds. The van der Waals surface area contributed by atoms with Crippen LogP contribution in [-0.4, -0.2) is 71.8 Å². The predicted molar refractivity (Wildman–Crippen MR) is 70.8 cm³/mol. The summed E-state index contributed by atoms with van der Waals surface area (Å²) >= 11 is 0. The maximum absolute atomic E-state index is 13.5. The molecule has 0 saturated heterocycles. The average Bonchev–Trinajstić information content (AvgIpc) is 2.63. The summed E-state index contributed by atoms with van der Waals surface area (Å²) in [7, 11) is 0. The van der Waals surface area contributed by atoms with Crippen LogP contribution < -0.4 is 0 Å². The Labute approximate surface area is 196 Å². The lowest BCUT2D eigenvalue weighted by atomic mass is 9.88. The van der Waals surface area contributed by atoms with Gasteiger partial charge in [0.15, 0.2) is 0 Å². The van der Waals surface area contributed by atoms with Crippen molar-refractivity contribution in [3.63, 3.8) is 0 Å². The highest BCUT2D eigenvalue weighted by Crippen LogP contribution is 2.62. The van der Waals surface area contributed by atoms with Gasteiger partial charge >= 0.3 is 65.9 Å². The van der Waals surface area contributed by atoms with E-state index in [4.69, 9.17) is 0 Å². The van der Waals surface area contributed by atoms with Crippen LogP contribution in [-0.2, 0) is 0 Å². The smallest absolute Gasteiger partial charge is 0.206 e. The van der Waals surface area contributed by atoms with Crippen LogP contribution in [0.25, 0.3) is 0 Å². The lowest BCUT2D eigenvalue weighted by Gasteiger charge is -2.41. The third-order valence-corrected chi connectivity index (χ3v) is 4.51. The number of rotatable bonds is 12. The molecule has 0 rings (SSSR count). The lowest BCUT2D eigenvalue weighted by Crippen LogP contribution is -2.70. The maximum Gasteiger partial charge on any atom is 0.460 e. The van der Waals surface area contributed by atoms with E-state index in [1.165, 1.54) is 0 Å². The van der Waals surface area contributed by atoms with Crippen molar-refractivity contribution >= 4 is 0 Å². The summed E-state index contributed by atoms with van der Waals surface area (Å²) in [6.45, 7) is 0. The zero-order chi connectivity index (χ0) is 32.5. The topological polar surface area (TPSA) is 0 Å². The van der Waals surface area contributed by atoms with Gasteiger partial charge < -0.3 is 0 Å². The summed E-state index contributed by atoms with van der Waals surface area (Å²) in [5.41, 5.74) is 0. The molecule has 0 bridgehead atoms. The van der Waals surface area contributed by atoms with Crippen molar-refractivity contribution < 1.29 is 110 Å². The van der Waals surface area contributed by atoms with Crippen LogP contribution in [0.3, 0.4) is 0 Å². The van der Waals surface area contributed by atoms with Gasteiger partial charge in [-0.05, 0) is 0 Å². The van der Waals surface area contributed by atoms with Crippen molar-refractivity contribution in [3.05, 3.63) is 0 Å². The van der Waals surface area contributed by atoms with Crippen LogP contribution in [0.5, 0.6) is 0 Å². The molecule has 0 N–H and O–H groups in total. The second kappa shape index (κ2) is 9.39. The van der Waals surface area contributed by atoms with Gasteiger partial charge in [-0.1, -0.05) is 0 Å². The van der Waals surface area contributed by atoms with E-state index in [2.05, 4.69) is 0 Å². The number of hydrogen-bond acceptors (Lipinski definition) is 0. The molecule has 0 aliphatic carbocycles. The molecule has 236 valence electrons. The van der Waals surface area contributed by atoms with Gasteiger partial charge in [0.2, 0.25) is 0 Å². The summed E-state index contributed by atoms with van der Waals surface area (Å²) < 4.78 is 322. The third-order valence-electron chi connectivity index (χ3n) is 4.51. The van der Waals surface area contributed by atoms with Crippen LogP contribution in [0.15, 0.2) is 0 Å². The molecule has 0 aliphatic heterocycles. The Morgan fingerprint density at radius 1 is 0.333 bits per heavy atom. The first-order chi connectivity index (χ1) is 16.4. The Bertz CT molecular complexity index is 858. The van der Waals surface area contributed by atoms with Crippen LogP contribution in [0.2, 0.25) is 0 Å². The molecule has 0 fully saturated rings. The van der Waals surface area contributed by atoms with Gasteiger partial charge in [-0.15, -0.1) is 0 Å². The Kier molecular flexibility index (Phi) is 8.97. The number of hydrogen-bond donors (Lipinski definition) is 0. The minimum atomic E-state index is -8.74. The van der Waals surface area contributed by atoms with E-state index >= 15 is 0 Å².